The van der Waals surface area contributed by atoms with Crippen molar-refractivity contribution >= 4 is 16.0 Å². The first kappa shape index (κ1) is 16.1. The van der Waals surface area contributed by atoms with E-state index in [9.17, 15) is 13.2 Å². The second-order valence-electron chi connectivity index (χ2n) is 3.93. The third-order valence-corrected chi connectivity index (χ3v) is 3.85. The van der Waals surface area contributed by atoms with E-state index in [0.717, 1.165) is 0 Å². The number of aliphatic carboxylic acids is 1. The van der Waals surface area contributed by atoms with Crippen molar-refractivity contribution in [1.82, 2.24) is 4.72 Å². The van der Waals surface area contributed by atoms with Crippen LogP contribution in [0.4, 0.5) is 0 Å². The summed E-state index contributed by atoms with van der Waals surface area (Å²) in [6, 6.07) is 6.13. The predicted octanol–water partition coefficient (Wildman–Crippen LogP) is 0.246. The highest BCUT2D eigenvalue weighted by Crippen LogP contribution is 2.14. The van der Waals surface area contributed by atoms with Gasteiger partial charge in [-0.15, -0.1) is 0 Å². The molecule has 0 saturated heterocycles. The monoisotopic (exact) mass is 298 g/mol. The van der Waals surface area contributed by atoms with E-state index < -0.39 is 22.6 Å². The highest BCUT2D eigenvalue weighted by molar-refractivity contribution is 7.89. The fourth-order valence-electron chi connectivity index (χ4n) is 1.42. The van der Waals surface area contributed by atoms with Gasteiger partial charge in [-0.2, -0.15) is 5.26 Å². The molecule has 1 aromatic rings. The zero-order valence-corrected chi connectivity index (χ0v) is 11.6. The highest BCUT2D eigenvalue weighted by atomic mass is 32.2. The van der Waals surface area contributed by atoms with Crippen molar-refractivity contribution in [2.45, 2.75) is 11.8 Å². The number of ether oxygens (including phenoxy) is 1. The van der Waals surface area contributed by atoms with Gasteiger partial charge in [0.2, 0.25) is 10.0 Å². The molecule has 108 valence electrons. The molecule has 0 fully saturated rings. The summed E-state index contributed by atoms with van der Waals surface area (Å²) in [7, 11) is -3.70. The van der Waals surface area contributed by atoms with Crippen LogP contribution >= 0.6 is 0 Å². The number of nitriles is 1. The lowest BCUT2D eigenvalue weighted by Crippen LogP contribution is -2.28. The van der Waals surface area contributed by atoms with Gasteiger partial charge in [0, 0.05) is 6.54 Å². The van der Waals surface area contributed by atoms with Crippen LogP contribution in [0.1, 0.15) is 11.1 Å². The normalized spacial score (nSPS) is 11.0. The van der Waals surface area contributed by atoms with Gasteiger partial charge in [0.1, 0.15) is 6.61 Å². The quantitative estimate of drug-likeness (QED) is 0.697. The Morgan fingerprint density at radius 2 is 2.20 bits per heavy atom. The Morgan fingerprint density at radius 3 is 2.75 bits per heavy atom. The van der Waals surface area contributed by atoms with E-state index in [4.69, 9.17) is 15.1 Å². The van der Waals surface area contributed by atoms with E-state index >= 15 is 0 Å². The number of carbonyl (C=O) groups is 1. The smallest absolute Gasteiger partial charge is 0.329 e. The van der Waals surface area contributed by atoms with Crippen LogP contribution in [0.25, 0.3) is 0 Å². The number of nitrogens with zero attached hydrogens (tertiary/aromatic N) is 1. The van der Waals surface area contributed by atoms with Crippen LogP contribution in [0.5, 0.6) is 0 Å². The van der Waals surface area contributed by atoms with Crippen LogP contribution in [0.2, 0.25) is 0 Å². The van der Waals surface area contributed by atoms with Gasteiger partial charge in [-0.25, -0.2) is 17.9 Å². The van der Waals surface area contributed by atoms with Crippen molar-refractivity contribution in [2.24, 2.45) is 0 Å². The van der Waals surface area contributed by atoms with Crippen LogP contribution in [0, 0.1) is 18.3 Å². The van der Waals surface area contributed by atoms with Crippen LogP contribution in [0.15, 0.2) is 23.1 Å². The van der Waals surface area contributed by atoms with Gasteiger partial charge in [-0.1, -0.05) is 0 Å². The molecular formula is C12H14N2O5S. The molecule has 1 aromatic carbocycles. The minimum Gasteiger partial charge on any atom is -0.480 e. The number of hydrogen-bond donors (Lipinski definition) is 2. The van der Waals surface area contributed by atoms with Crippen LogP contribution in [-0.2, 0) is 19.6 Å². The lowest BCUT2D eigenvalue weighted by molar-refractivity contribution is -0.142. The summed E-state index contributed by atoms with van der Waals surface area (Å²) in [6.45, 7) is 1.10. The number of aryl methyl sites for hydroxylation is 1. The molecule has 0 aliphatic carbocycles. The Bertz CT molecular complexity index is 634. The third-order valence-electron chi connectivity index (χ3n) is 2.39. The maximum atomic E-state index is 11.9. The first-order chi connectivity index (χ1) is 9.36. The van der Waals surface area contributed by atoms with Gasteiger partial charge in [0.15, 0.2) is 0 Å². The largest absolute Gasteiger partial charge is 0.480 e. The molecule has 20 heavy (non-hydrogen) atoms. The Hall–Kier alpha value is -1.95. The molecule has 0 aliphatic heterocycles. The van der Waals surface area contributed by atoms with Gasteiger partial charge in [-0.05, 0) is 30.7 Å². The van der Waals surface area contributed by atoms with Crippen molar-refractivity contribution < 1.29 is 23.1 Å². The van der Waals surface area contributed by atoms with E-state index in [2.05, 4.69) is 4.72 Å². The Balaban J connectivity index is 2.63. The Kier molecular flexibility index (Phi) is 5.64. The SMILES string of the molecule is Cc1cc(S(=O)(=O)NCCOCC(=O)O)ccc1C#N. The number of carboxylic acids is 1. The van der Waals surface area contributed by atoms with Gasteiger partial charge in [0.25, 0.3) is 0 Å². The zero-order chi connectivity index (χ0) is 15.2. The predicted molar refractivity (Wildman–Crippen MR) is 69.5 cm³/mol. The molecule has 7 nitrogen and oxygen atoms in total. The molecule has 0 spiro atoms. The van der Waals surface area contributed by atoms with E-state index in [1.54, 1.807) is 6.92 Å². The summed E-state index contributed by atoms with van der Waals surface area (Å²) in [6.07, 6.45) is 0. The number of hydrogen-bond acceptors (Lipinski definition) is 5. The van der Waals surface area contributed by atoms with E-state index in [-0.39, 0.29) is 18.0 Å². The second kappa shape index (κ2) is 7.00. The molecule has 0 radical (unpaired) electrons. The lowest BCUT2D eigenvalue weighted by atomic mass is 10.1. The molecule has 2 N–H and O–H groups in total. The van der Waals surface area contributed by atoms with Crippen molar-refractivity contribution in [3.05, 3.63) is 29.3 Å². The van der Waals surface area contributed by atoms with E-state index in [1.807, 2.05) is 6.07 Å². The fraction of sp³-hybridized carbons (Fsp3) is 0.333. The Labute approximate surface area is 116 Å². The minimum absolute atomic E-state index is 0.0331. The number of carboxylic acid groups (broad SMARTS) is 1. The fourth-order valence-corrected chi connectivity index (χ4v) is 2.52. The van der Waals surface area contributed by atoms with E-state index in [1.165, 1.54) is 18.2 Å². The summed E-state index contributed by atoms with van der Waals surface area (Å²) in [5, 5.41) is 17.1. The van der Waals surface area contributed by atoms with Gasteiger partial charge in [0.05, 0.1) is 23.1 Å². The lowest BCUT2D eigenvalue weighted by Gasteiger charge is -2.08. The molecule has 0 aromatic heterocycles. The van der Waals surface area contributed by atoms with Crippen molar-refractivity contribution in [3.8, 4) is 6.07 Å². The summed E-state index contributed by atoms with van der Waals surface area (Å²) in [5.74, 6) is -1.12. The highest BCUT2D eigenvalue weighted by Gasteiger charge is 2.14. The Morgan fingerprint density at radius 1 is 1.50 bits per heavy atom. The van der Waals surface area contributed by atoms with E-state index in [0.29, 0.717) is 11.1 Å². The zero-order valence-electron chi connectivity index (χ0n) is 10.8. The van der Waals surface area contributed by atoms with Gasteiger partial charge in [-0.3, -0.25) is 0 Å². The number of sulfonamides is 1. The van der Waals surface area contributed by atoms with Crippen LogP contribution < -0.4 is 4.72 Å². The summed E-state index contributed by atoms with van der Waals surface area (Å²) < 4.78 is 30.8. The average molecular weight is 298 g/mol. The molecule has 0 aliphatic rings. The molecular weight excluding hydrogens is 284 g/mol. The van der Waals surface area contributed by atoms with Gasteiger partial charge < -0.3 is 9.84 Å². The maximum Gasteiger partial charge on any atom is 0.329 e. The molecule has 0 saturated carbocycles. The average Bonchev–Trinajstić information content (AvgIpc) is 2.37. The summed E-state index contributed by atoms with van der Waals surface area (Å²) >= 11 is 0. The summed E-state index contributed by atoms with van der Waals surface area (Å²) in [5.41, 5.74) is 0.978. The second-order valence-corrected chi connectivity index (χ2v) is 5.70. The first-order valence-electron chi connectivity index (χ1n) is 5.67. The maximum absolute atomic E-state index is 11.9. The third kappa shape index (κ3) is 4.62. The topological polar surface area (TPSA) is 116 Å². The van der Waals surface area contributed by atoms with Gasteiger partial charge >= 0.3 is 5.97 Å². The molecule has 8 heteroatoms. The molecule has 0 heterocycles. The molecule has 0 atom stereocenters. The van der Waals surface area contributed by atoms with Crippen molar-refractivity contribution in [2.75, 3.05) is 19.8 Å². The molecule has 0 unspecified atom stereocenters. The van der Waals surface area contributed by atoms with Crippen molar-refractivity contribution in [1.29, 1.82) is 5.26 Å². The molecule has 0 amide bonds. The van der Waals surface area contributed by atoms with Crippen molar-refractivity contribution in [3.63, 3.8) is 0 Å². The number of rotatable bonds is 7. The first-order valence-corrected chi connectivity index (χ1v) is 7.15. The molecule has 1 rings (SSSR count). The summed E-state index contributed by atoms with van der Waals surface area (Å²) in [4.78, 5) is 10.2. The minimum atomic E-state index is -3.70. The standard InChI is InChI=1S/C12H14N2O5S/c1-9-6-11(3-2-10(9)7-13)20(17,18)14-4-5-19-8-12(15)16/h2-3,6,14H,4-5,8H2,1H3,(H,15,16). The van der Waals surface area contributed by atoms with Crippen LogP contribution in [-0.4, -0.2) is 39.3 Å². The van der Waals surface area contributed by atoms with Crippen LogP contribution in [0.3, 0.4) is 0 Å². The molecule has 0 bridgehead atoms. The number of nitrogens with one attached hydrogen (secondary N) is 1. The number of benzene rings is 1.